The molecule has 0 aromatic carbocycles. The van der Waals surface area contributed by atoms with Crippen molar-refractivity contribution in [1.82, 2.24) is 0 Å². The smallest absolute Gasteiger partial charge is 0.334 e. The van der Waals surface area contributed by atoms with E-state index in [0.29, 0.717) is 5.57 Å². The summed E-state index contributed by atoms with van der Waals surface area (Å²) in [6.45, 7) is 24.6. The van der Waals surface area contributed by atoms with Crippen LogP contribution in [-0.4, -0.2) is 222 Å². The van der Waals surface area contributed by atoms with Gasteiger partial charge in [-0.15, -0.1) is 0 Å². The summed E-state index contributed by atoms with van der Waals surface area (Å²) in [6, 6.07) is 0. The zero-order chi connectivity index (χ0) is 71.6. The second-order valence-electron chi connectivity index (χ2n) is 25.8. The number of cyclic esters (lactones) is 1. The average molecular weight is 1370 g/mol. The molecule has 0 aliphatic carbocycles. The van der Waals surface area contributed by atoms with Crippen LogP contribution in [0, 0.1) is 17.8 Å². The maximum atomic E-state index is 14.8. The van der Waals surface area contributed by atoms with Gasteiger partial charge in [0, 0.05) is 113 Å². The minimum Gasteiger partial charge on any atom is -0.462 e. The summed E-state index contributed by atoms with van der Waals surface area (Å²) in [5.74, 6) is -10.00. The third kappa shape index (κ3) is 23.0. The lowest BCUT2D eigenvalue weighted by Gasteiger charge is -2.52. The molecule has 0 saturated carbocycles. The Kier molecular flexibility index (Phi) is 31.8. The lowest BCUT2D eigenvalue weighted by atomic mass is 9.75. The largest absolute Gasteiger partial charge is 0.462 e. The predicted octanol–water partition coefficient (Wildman–Crippen LogP) is 6.62. The second kappa shape index (κ2) is 37.6. The molecule has 0 unspecified atom stereocenters. The molecule has 27 nitrogen and oxygen atoms in total. The molecular formula is C69H106O27. The third-order valence-electron chi connectivity index (χ3n) is 17.7. The van der Waals surface area contributed by atoms with Crippen LogP contribution in [0.25, 0.3) is 0 Å². The van der Waals surface area contributed by atoms with Crippen molar-refractivity contribution in [3.63, 3.8) is 0 Å². The fourth-order valence-corrected chi connectivity index (χ4v) is 13.3. The van der Waals surface area contributed by atoms with Crippen molar-refractivity contribution < 1.29 is 129 Å². The van der Waals surface area contributed by atoms with E-state index in [0.717, 1.165) is 18.1 Å². The molecule has 544 valence electrons. The van der Waals surface area contributed by atoms with Gasteiger partial charge in [0.25, 0.3) is 0 Å². The van der Waals surface area contributed by atoms with E-state index in [9.17, 15) is 43.8 Å². The zero-order valence-electron chi connectivity index (χ0n) is 59.4. The molecule has 0 bridgehead atoms. The van der Waals surface area contributed by atoms with E-state index in [1.54, 1.807) is 47.6 Å². The highest BCUT2D eigenvalue weighted by atomic mass is 16.7. The van der Waals surface area contributed by atoms with Crippen molar-refractivity contribution in [2.45, 2.75) is 284 Å². The van der Waals surface area contributed by atoms with Gasteiger partial charge in [0.2, 0.25) is 5.79 Å². The van der Waals surface area contributed by atoms with Gasteiger partial charge in [-0.3, -0.25) is 28.8 Å². The SMILES string of the molecule is COC[C@@H](C[C@H]1O[C@@](O)([C@H](OC(C)=O)[C@@H]2C[C@H](OC)[C@H](OC(C)=O)CC/C=C(C)/C=C/[C@@H](O[C@@H]3O[C@@H](C)[C@H](OC)[C@@H](OC(C)=O)[C@@H]3OC(C)=O)[C@H](C)/C=C(C)/C=C(C)/C=C(\C)C(=O)O2)[C@H](C)[C@@H](OC(C)=O)[C@H]1C)O[C@H]1C[C@H](O)[C@@H](O[C@H]2C[C@@H](OC)[C@H](OC(C)=O)[C@@H](C)O2)[C@H](C)O1. The van der Waals surface area contributed by atoms with Gasteiger partial charge in [-0.25, -0.2) is 4.79 Å². The maximum absolute atomic E-state index is 14.8. The zero-order valence-corrected chi connectivity index (χ0v) is 59.4. The Morgan fingerprint density at radius 1 is 0.615 bits per heavy atom. The Bertz CT molecular complexity index is 2750. The van der Waals surface area contributed by atoms with E-state index >= 15 is 0 Å². The quantitative estimate of drug-likeness (QED) is 0.0900. The fourth-order valence-electron chi connectivity index (χ4n) is 13.3. The summed E-state index contributed by atoms with van der Waals surface area (Å²) in [5, 5.41) is 25.1. The lowest BCUT2D eigenvalue weighted by molar-refractivity contribution is -0.366. The number of methoxy groups -OCH3 is 4. The van der Waals surface area contributed by atoms with Crippen molar-refractivity contribution >= 4 is 41.8 Å². The van der Waals surface area contributed by atoms with Crippen LogP contribution in [0.15, 0.2) is 58.7 Å². The van der Waals surface area contributed by atoms with E-state index in [1.807, 2.05) is 51.2 Å². The van der Waals surface area contributed by atoms with Crippen molar-refractivity contribution in [2.75, 3.05) is 35.0 Å². The van der Waals surface area contributed by atoms with Crippen molar-refractivity contribution in [3.05, 3.63) is 58.7 Å². The average Bonchev–Trinajstić information content (AvgIpc) is 0.751. The standard InChI is InChI=1S/C69H106O27/c1-34-22-21-23-53(86-44(11)70)55(80-18)31-57(93-67(77)38(5)28-36(3)26-35(2)27-37(4)52(25-24-34)94-68-65(90-48(15)74)64(89-47(14)73)63(82-20)43(10)85-68)66(91-49(16)75)69(78)40(7)60(87-45(12)71)39(6)54(96-69)29-50(33-79-17)92-58-30-51(76)61(41(8)83-58)95-59-32-56(81-19)62(42(9)84-59)88-46(13)72/h22,24-28,37,39-43,50-66,68,76,78H,21,23,29-33H2,1-20H3/b25-24+,34-22+,35-27+,36-26+,38-28+/t37-,39+,40-,41+,42-,43+,50-,51+,52-,53-,54-,55+,56-,57+,58+,59+,60+,61+,62-,63+,64-,65+,66-,68+,69-/m1/s1. The predicted molar refractivity (Wildman–Crippen MR) is 340 cm³/mol. The van der Waals surface area contributed by atoms with Gasteiger partial charge in [-0.05, 0) is 67.4 Å². The highest BCUT2D eigenvalue weighted by Crippen LogP contribution is 2.45. The number of aliphatic hydroxyl groups is 2. The van der Waals surface area contributed by atoms with Crippen LogP contribution < -0.4 is 0 Å². The Labute approximate surface area is 564 Å². The molecule has 96 heavy (non-hydrogen) atoms. The minimum absolute atomic E-state index is 0.0688. The van der Waals surface area contributed by atoms with Crippen molar-refractivity contribution in [1.29, 1.82) is 0 Å². The molecule has 4 fully saturated rings. The van der Waals surface area contributed by atoms with E-state index in [1.165, 1.54) is 70.0 Å². The van der Waals surface area contributed by atoms with Gasteiger partial charge in [0.15, 0.2) is 43.3 Å². The molecule has 4 saturated heterocycles. The van der Waals surface area contributed by atoms with E-state index < -0.39 is 194 Å². The molecule has 0 radical (unpaired) electrons. The first-order chi connectivity index (χ1) is 45.1. The van der Waals surface area contributed by atoms with Crippen LogP contribution in [0.5, 0.6) is 0 Å². The normalized spacial score (nSPS) is 39.2. The Morgan fingerprint density at radius 2 is 1.20 bits per heavy atom. The number of rotatable bonds is 21. The second-order valence-corrected chi connectivity index (χ2v) is 25.8. The summed E-state index contributed by atoms with van der Waals surface area (Å²) >= 11 is 0. The van der Waals surface area contributed by atoms with Crippen LogP contribution in [0.3, 0.4) is 0 Å². The first-order valence-corrected chi connectivity index (χ1v) is 32.9. The van der Waals surface area contributed by atoms with Gasteiger partial charge in [0.1, 0.15) is 36.6 Å². The Balaban J connectivity index is 1.52. The minimum atomic E-state index is -2.65. The number of carbonyl (C=O) groups is 7. The van der Waals surface area contributed by atoms with Crippen LogP contribution in [-0.2, 0) is 119 Å². The number of hydrogen-bond acceptors (Lipinski definition) is 27. The number of esters is 7. The Morgan fingerprint density at radius 3 is 1.78 bits per heavy atom. The highest BCUT2D eigenvalue weighted by molar-refractivity contribution is 5.88. The van der Waals surface area contributed by atoms with Crippen LogP contribution in [0.2, 0.25) is 0 Å². The fraction of sp³-hybridized carbons (Fsp3) is 0.754. The molecule has 0 aromatic rings. The van der Waals surface area contributed by atoms with E-state index in [2.05, 4.69) is 0 Å². The van der Waals surface area contributed by atoms with Gasteiger partial charge in [-0.2, -0.15) is 0 Å². The monoisotopic (exact) mass is 1370 g/mol. The summed E-state index contributed by atoms with van der Waals surface area (Å²) < 4.78 is 109. The summed E-state index contributed by atoms with van der Waals surface area (Å²) in [4.78, 5) is 91.3. The first-order valence-electron chi connectivity index (χ1n) is 32.9. The number of hydrogen-bond donors (Lipinski definition) is 2. The van der Waals surface area contributed by atoms with Crippen LogP contribution in [0.4, 0.5) is 0 Å². The van der Waals surface area contributed by atoms with E-state index in [-0.39, 0.29) is 50.7 Å². The molecule has 25 atom stereocenters. The maximum Gasteiger partial charge on any atom is 0.334 e. The van der Waals surface area contributed by atoms with Gasteiger partial charge in [-0.1, -0.05) is 67.9 Å². The topological polar surface area (TPSA) is 326 Å². The summed E-state index contributed by atoms with van der Waals surface area (Å²) in [7, 11) is 5.73. The number of ether oxygens (including phenoxy) is 18. The molecule has 0 aromatic heterocycles. The van der Waals surface area contributed by atoms with Gasteiger partial charge in [0.05, 0.1) is 61.4 Å². The number of allylic oxidation sites excluding steroid dienone is 7. The molecule has 5 heterocycles. The van der Waals surface area contributed by atoms with Crippen LogP contribution >= 0.6 is 0 Å². The third-order valence-corrected chi connectivity index (χ3v) is 17.7. The molecule has 5 rings (SSSR count). The summed E-state index contributed by atoms with van der Waals surface area (Å²) in [5.41, 5.74) is 2.15. The Hall–Kier alpha value is -5.53. The molecule has 0 spiro atoms. The number of carbonyl (C=O) groups excluding carboxylic acids is 7. The van der Waals surface area contributed by atoms with Crippen LogP contribution in [0.1, 0.15) is 149 Å². The molecule has 0 amide bonds. The highest BCUT2D eigenvalue weighted by Gasteiger charge is 2.61. The number of aliphatic hydroxyl groups excluding tert-OH is 1. The van der Waals surface area contributed by atoms with Gasteiger partial charge < -0.3 is 95.5 Å². The molecular weight excluding hydrogens is 1260 g/mol. The van der Waals surface area contributed by atoms with E-state index in [4.69, 9.17) is 85.3 Å². The van der Waals surface area contributed by atoms with Crippen molar-refractivity contribution in [2.24, 2.45) is 17.8 Å². The molecule has 27 heteroatoms. The molecule has 2 N–H and O–H groups in total. The lowest BCUT2D eigenvalue weighted by Crippen LogP contribution is -2.67. The molecule has 5 aliphatic heterocycles. The first kappa shape index (κ1) is 81.1. The summed E-state index contributed by atoms with van der Waals surface area (Å²) in [6.07, 6.45) is -10.3. The molecule has 5 aliphatic rings. The van der Waals surface area contributed by atoms with Crippen molar-refractivity contribution in [3.8, 4) is 0 Å². The van der Waals surface area contributed by atoms with Gasteiger partial charge >= 0.3 is 41.8 Å².